The van der Waals surface area contributed by atoms with Crippen LogP contribution in [-0.2, 0) is 31.9 Å². The Hall–Kier alpha value is -3.61. The summed E-state index contributed by atoms with van der Waals surface area (Å²) in [6.07, 6.45) is 2.28. The fourth-order valence-electron chi connectivity index (χ4n) is 7.26. The van der Waals surface area contributed by atoms with E-state index in [4.69, 9.17) is 38.8 Å². The summed E-state index contributed by atoms with van der Waals surface area (Å²) >= 11 is 0. The van der Waals surface area contributed by atoms with Crippen molar-refractivity contribution in [3.05, 3.63) is 53.7 Å². The van der Waals surface area contributed by atoms with Crippen LogP contribution in [0.3, 0.4) is 0 Å². The van der Waals surface area contributed by atoms with Gasteiger partial charge in [-0.1, -0.05) is 36.4 Å². The van der Waals surface area contributed by atoms with Crippen molar-refractivity contribution in [3.63, 3.8) is 0 Å². The average Bonchev–Trinajstić information content (AvgIpc) is 3.51. The number of nitrogens with zero attached hydrogens (tertiary/aromatic N) is 7. The van der Waals surface area contributed by atoms with E-state index < -0.39 is 0 Å². The van der Waals surface area contributed by atoms with E-state index in [0.717, 1.165) is 57.1 Å². The maximum atomic E-state index is 9.51. The van der Waals surface area contributed by atoms with Gasteiger partial charge in [0.1, 0.15) is 12.4 Å². The Balaban J connectivity index is 1.07. The van der Waals surface area contributed by atoms with Crippen molar-refractivity contribution in [1.29, 1.82) is 5.26 Å². The van der Waals surface area contributed by atoms with Gasteiger partial charge in [0.15, 0.2) is 0 Å². The maximum absolute atomic E-state index is 9.51. The molecule has 51 heavy (non-hydrogen) atoms. The van der Waals surface area contributed by atoms with Crippen molar-refractivity contribution in [2.45, 2.75) is 44.0 Å². The second-order valence-electron chi connectivity index (χ2n) is 13.6. The smallest absolute Gasteiger partial charge is 0.318 e. The first-order valence-electron chi connectivity index (χ1n) is 18.3. The third-order valence-electron chi connectivity index (χ3n) is 10.1. The van der Waals surface area contributed by atoms with Gasteiger partial charge >= 0.3 is 6.01 Å². The van der Waals surface area contributed by atoms with Crippen LogP contribution in [-0.4, -0.2) is 149 Å². The van der Waals surface area contributed by atoms with E-state index in [1.165, 1.54) is 22.0 Å². The number of aliphatic hydroxyl groups is 1. The zero-order chi connectivity index (χ0) is 35.4. The number of fused-ring (bicyclic) bond motifs is 2. The molecular weight excluding hydrogens is 650 g/mol. The average molecular weight is 704 g/mol. The zero-order valence-electron chi connectivity index (χ0n) is 30.1. The van der Waals surface area contributed by atoms with Gasteiger partial charge in [-0.3, -0.25) is 9.80 Å². The number of likely N-dealkylation sites (tertiary alicyclic amines) is 1. The number of nitriles is 1. The highest BCUT2D eigenvalue weighted by Crippen LogP contribution is 2.35. The third kappa shape index (κ3) is 9.84. The monoisotopic (exact) mass is 703 g/mol. The SMILES string of the molecule is CN1CCN(c2nc(OC[C@@H]3C[C@@H](OCCOCCOCCOCCO)CN3C)nc3c2CCN(c2cccc4ccccc24)C3)C[C@@H]1CC#N. The van der Waals surface area contributed by atoms with Gasteiger partial charge in [0.05, 0.1) is 83.7 Å². The lowest BCUT2D eigenvalue weighted by Gasteiger charge is -2.41. The minimum atomic E-state index is 0.0212. The fourth-order valence-corrected chi connectivity index (χ4v) is 7.26. The van der Waals surface area contributed by atoms with Crippen LogP contribution in [0.15, 0.2) is 42.5 Å². The molecule has 2 saturated heterocycles. The van der Waals surface area contributed by atoms with Crippen molar-refractivity contribution in [1.82, 2.24) is 19.8 Å². The van der Waals surface area contributed by atoms with Crippen LogP contribution in [0, 0.1) is 11.3 Å². The first-order valence-corrected chi connectivity index (χ1v) is 18.3. The summed E-state index contributed by atoms with van der Waals surface area (Å²) in [4.78, 5) is 19.5. The molecule has 1 aromatic heterocycles. The van der Waals surface area contributed by atoms with Crippen molar-refractivity contribution in [3.8, 4) is 12.1 Å². The molecule has 0 unspecified atom stereocenters. The zero-order valence-corrected chi connectivity index (χ0v) is 30.1. The van der Waals surface area contributed by atoms with Crippen molar-refractivity contribution >= 4 is 22.3 Å². The second kappa shape index (κ2) is 18.8. The summed E-state index contributed by atoms with van der Waals surface area (Å²) in [5.41, 5.74) is 3.41. The number of anilines is 2. The molecule has 4 heterocycles. The summed E-state index contributed by atoms with van der Waals surface area (Å²) in [5, 5.41) is 20.7. The molecule has 3 aliphatic heterocycles. The Morgan fingerprint density at radius 1 is 0.824 bits per heavy atom. The fraction of sp³-hybridized carbons (Fsp3) is 0.605. The Bertz CT molecular complexity index is 1580. The molecule has 276 valence electrons. The molecule has 2 aromatic carbocycles. The highest BCUT2D eigenvalue weighted by molar-refractivity contribution is 5.94. The van der Waals surface area contributed by atoms with Crippen LogP contribution in [0.4, 0.5) is 11.5 Å². The van der Waals surface area contributed by atoms with Crippen LogP contribution in [0.1, 0.15) is 24.1 Å². The number of aliphatic hydroxyl groups excluding tert-OH is 1. The largest absolute Gasteiger partial charge is 0.462 e. The van der Waals surface area contributed by atoms with E-state index in [9.17, 15) is 5.26 Å². The number of piperazine rings is 1. The number of benzene rings is 2. The number of rotatable bonds is 18. The van der Waals surface area contributed by atoms with E-state index in [0.29, 0.717) is 71.8 Å². The molecule has 0 aliphatic carbocycles. The lowest BCUT2D eigenvalue weighted by Crippen LogP contribution is -2.52. The Morgan fingerprint density at radius 2 is 1.59 bits per heavy atom. The molecule has 3 aliphatic rings. The van der Waals surface area contributed by atoms with E-state index in [-0.39, 0.29) is 24.8 Å². The van der Waals surface area contributed by atoms with Crippen molar-refractivity contribution in [2.24, 2.45) is 0 Å². The normalized spacial score (nSPS) is 21.3. The van der Waals surface area contributed by atoms with Gasteiger partial charge in [-0.05, 0) is 38.4 Å². The Kier molecular flexibility index (Phi) is 13.7. The van der Waals surface area contributed by atoms with Crippen LogP contribution in [0.25, 0.3) is 10.8 Å². The van der Waals surface area contributed by atoms with Crippen LogP contribution < -0.4 is 14.5 Å². The predicted molar refractivity (Wildman–Crippen MR) is 195 cm³/mol. The van der Waals surface area contributed by atoms with Gasteiger partial charge in [-0.15, -0.1) is 0 Å². The predicted octanol–water partition coefficient (Wildman–Crippen LogP) is 2.74. The van der Waals surface area contributed by atoms with Crippen LogP contribution >= 0.6 is 0 Å². The van der Waals surface area contributed by atoms with Gasteiger partial charge in [-0.2, -0.15) is 15.2 Å². The first-order chi connectivity index (χ1) is 25.0. The number of likely N-dealkylation sites (N-methyl/N-ethyl adjacent to an activating group) is 2. The lowest BCUT2D eigenvalue weighted by atomic mass is 10.0. The second-order valence-corrected chi connectivity index (χ2v) is 13.6. The van der Waals surface area contributed by atoms with Gasteiger partial charge in [0.25, 0.3) is 0 Å². The molecular formula is C38H53N7O6. The van der Waals surface area contributed by atoms with E-state index >= 15 is 0 Å². The van der Waals surface area contributed by atoms with Crippen LogP contribution in [0.5, 0.6) is 6.01 Å². The molecule has 2 fully saturated rings. The van der Waals surface area contributed by atoms with Gasteiger partial charge in [0, 0.05) is 61.4 Å². The molecule has 0 saturated carbocycles. The van der Waals surface area contributed by atoms with Gasteiger partial charge in [0.2, 0.25) is 0 Å². The number of hydrogen-bond acceptors (Lipinski definition) is 13. The topological polar surface area (TPSA) is 129 Å². The summed E-state index contributed by atoms with van der Waals surface area (Å²) < 4.78 is 28.9. The molecule has 13 nitrogen and oxygen atoms in total. The van der Waals surface area contributed by atoms with Crippen molar-refractivity contribution in [2.75, 3.05) is 116 Å². The molecule has 0 radical (unpaired) electrons. The quantitative estimate of drug-likeness (QED) is 0.195. The van der Waals surface area contributed by atoms with Crippen molar-refractivity contribution < 1.29 is 28.8 Å². The molecule has 0 amide bonds. The first kappa shape index (κ1) is 37.2. The summed E-state index contributed by atoms with van der Waals surface area (Å²) in [5.74, 6) is 0.949. The molecule has 0 bridgehead atoms. The molecule has 3 aromatic rings. The number of ether oxygens (including phenoxy) is 5. The third-order valence-corrected chi connectivity index (χ3v) is 10.1. The maximum Gasteiger partial charge on any atom is 0.318 e. The highest BCUT2D eigenvalue weighted by Gasteiger charge is 2.33. The minimum Gasteiger partial charge on any atom is -0.462 e. The minimum absolute atomic E-state index is 0.0212. The molecule has 0 spiro atoms. The van der Waals surface area contributed by atoms with Gasteiger partial charge < -0.3 is 38.6 Å². The molecule has 13 heteroatoms. The van der Waals surface area contributed by atoms with E-state index in [2.05, 4.69) is 82.2 Å². The molecule has 3 atom stereocenters. The Labute approximate surface area is 301 Å². The number of aromatic nitrogens is 2. The van der Waals surface area contributed by atoms with Gasteiger partial charge in [-0.25, -0.2) is 0 Å². The van der Waals surface area contributed by atoms with E-state index in [1.807, 2.05) is 0 Å². The van der Waals surface area contributed by atoms with Crippen LogP contribution in [0.2, 0.25) is 0 Å². The highest BCUT2D eigenvalue weighted by atomic mass is 16.6. The summed E-state index contributed by atoms with van der Waals surface area (Å²) in [6.45, 7) is 8.64. The number of hydrogen-bond donors (Lipinski definition) is 1. The standard InChI is InChI=1S/C38H53N7O6/c1-42-14-15-45(25-30(42)10-12-39)37-34-11-13-44(36-9-5-7-29-6-3-4-8-33(29)36)27-35(34)40-38(41-37)51-28-31-24-32(26-43(31)2)50-23-22-49-21-20-48-19-18-47-17-16-46/h3-9,30-32,46H,10-11,13-28H2,1-2H3/t30-,31-,32+/m0/s1. The van der Waals surface area contributed by atoms with E-state index in [1.54, 1.807) is 0 Å². The molecule has 6 rings (SSSR count). The summed E-state index contributed by atoms with van der Waals surface area (Å²) in [7, 11) is 4.21. The summed E-state index contributed by atoms with van der Waals surface area (Å²) in [6, 6.07) is 18.2. The lowest BCUT2D eigenvalue weighted by molar-refractivity contribution is -0.0180. The Morgan fingerprint density at radius 3 is 2.39 bits per heavy atom. The molecule has 1 N–H and O–H groups in total.